The second-order valence-electron chi connectivity index (χ2n) is 7.88. The summed E-state index contributed by atoms with van der Waals surface area (Å²) in [7, 11) is 1.92. The Bertz CT molecular complexity index is 1140. The maximum absolute atomic E-state index is 12.8. The first-order chi connectivity index (χ1) is 14.6. The number of pyridine rings is 1. The molecule has 3 aromatic rings. The summed E-state index contributed by atoms with van der Waals surface area (Å²) in [5, 5.41) is 4.27. The zero-order valence-electron chi connectivity index (χ0n) is 17.3. The summed E-state index contributed by atoms with van der Waals surface area (Å²) in [6.07, 6.45) is 4.60. The molecule has 0 saturated carbocycles. The second kappa shape index (κ2) is 7.74. The fourth-order valence-corrected chi connectivity index (χ4v) is 4.28. The molecular weight excluding hydrogens is 382 g/mol. The van der Waals surface area contributed by atoms with Crippen molar-refractivity contribution in [3.05, 3.63) is 58.1 Å². The largest absolute Gasteiger partial charge is 0.490 e. The Balaban J connectivity index is 1.49. The zero-order valence-corrected chi connectivity index (χ0v) is 17.3. The molecule has 2 aliphatic heterocycles. The fraction of sp³-hybridized carbons (Fsp3) is 0.391. The minimum atomic E-state index is -0.105. The van der Waals surface area contributed by atoms with Crippen LogP contribution in [-0.2, 0) is 29.5 Å². The number of benzene rings is 1. The molecule has 0 spiro atoms. The van der Waals surface area contributed by atoms with Crippen LogP contribution < -0.4 is 10.3 Å². The van der Waals surface area contributed by atoms with Gasteiger partial charge in [0.2, 0.25) is 0 Å². The molecule has 1 saturated heterocycles. The monoisotopic (exact) mass is 407 g/mol. The Morgan fingerprint density at radius 1 is 1.23 bits per heavy atom. The molecule has 2 aliphatic rings. The lowest BCUT2D eigenvalue weighted by atomic mass is 9.92. The first kappa shape index (κ1) is 19.1. The lowest BCUT2D eigenvalue weighted by molar-refractivity contribution is -0.101. The molecule has 1 aromatic carbocycles. The Morgan fingerprint density at radius 2 is 2.13 bits per heavy atom. The van der Waals surface area contributed by atoms with Crippen LogP contribution in [0.25, 0.3) is 22.4 Å². The standard InChI is InChI=1S/C23H25N3O4/c1-15-21(30-14-19-13-28-7-8-29-19)10-22(27)26-6-5-17-9-16(3-4-20(17)23(15)26)18-11-24-25(2)12-18/h3-4,9-12,19H,5-8,13-14H2,1-2H3/t19-/m0/s1. The molecule has 0 bridgehead atoms. The average Bonchev–Trinajstić information content (AvgIpc) is 3.21. The normalized spacial score (nSPS) is 18.0. The van der Waals surface area contributed by atoms with Crippen LogP contribution in [0.2, 0.25) is 0 Å². The average molecular weight is 407 g/mol. The molecule has 30 heavy (non-hydrogen) atoms. The predicted octanol–water partition coefficient (Wildman–Crippen LogP) is 2.57. The highest BCUT2D eigenvalue weighted by atomic mass is 16.6. The smallest absolute Gasteiger partial charge is 0.254 e. The van der Waals surface area contributed by atoms with Crippen molar-refractivity contribution in [2.24, 2.45) is 7.05 Å². The number of fused-ring (bicyclic) bond motifs is 3. The maximum atomic E-state index is 12.8. The van der Waals surface area contributed by atoms with Gasteiger partial charge in [-0.25, -0.2) is 0 Å². The van der Waals surface area contributed by atoms with Gasteiger partial charge in [0.05, 0.1) is 31.7 Å². The van der Waals surface area contributed by atoms with Crippen molar-refractivity contribution in [3.8, 4) is 28.1 Å². The van der Waals surface area contributed by atoms with Crippen molar-refractivity contribution in [3.63, 3.8) is 0 Å². The van der Waals surface area contributed by atoms with E-state index in [1.807, 2.05) is 30.9 Å². The van der Waals surface area contributed by atoms with Crippen LogP contribution in [0, 0.1) is 6.92 Å². The molecule has 1 atom stereocenters. The summed E-state index contributed by atoms with van der Waals surface area (Å²) in [5.74, 6) is 0.615. The maximum Gasteiger partial charge on any atom is 0.254 e. The van der Waals surface area contributed by atoms with Gasteiger partial charge in [-0.05, 0) is 24.5 Å². The summed E-state index contributed by atoms with van der Waals surface area (Å²) < 4.78 is 20.8. The molecule has 4 heterocycles. The van der Waals surface area contributed by atoms with Gasteiger partial charge < -0.3 is 18.8 Å². The molecule has 0 N–H and O–H groups in total. The Morgan fingerprint density at radius 3 is 2.90 bits per heavy atom. The van der Waals surface area contributed by atoms with Gasteiger partial charge in [0.25, 0.3) is 5.56 Å². The number of aromatic nitrogens is 3. The predicted molar refractivity (Wildman–Crippen MR) is 113 cm³/mol. The van der Waals surface area contributed by atoms with Crippen molar-refractivity contribution in [1.82, 2.24) is 14.3 Å². The summed E-state index contributed by atoms with van der Waals surface area (Å²) >= 11 is 0. The molecule has 1 fully saturated rings. The van der Waals surface area contributed by atoms with Crippen molar-refractivity contribution in [2.75, 3.05) is 26.4 Å². The first-order valence-electron chi connectivity index (χ1n) is 10.3. The number of hydrogen-bond donors (Lipinski definition) is 0. The van der Waals surface area contributed by atoms with Crippen LogP contribution in [0.3, 0.4) is 0 Å². The lowest BCUT2D eigenvalue weighted by Gasteiger charge is -2.27. The third-order valence-electron chi connectivity index (χ3n) is 5.83. The van der Waals surface area contributed by atoms with Crippen molar-refractivity contribution in [1.29, 1.82) is 0 Å². The molecule has 2 aromatic heterocycles. The highest BCUT2D eigenvalue weighted by Crippen LogP contribution is 2.36. The van der Waals surface area contributed by atoms with Crippen molar-refractivity contribution >= 4 is 0 Å². The summed E-state index contributed by atoms with van der Waals surface area (Å²) in [6, 6.07) is 8.01. The molecular formula is C23H25N3O4. The van der Waals surface area contributed by atoms with Gasteiger partial charge >= 0.3 is 0 Å². The van der Waals surface area contributed by atoms with E-state index in [4.69, 9.17) is 14.2 Å². The second-order valence-corrected chi connectivity index (χ2v) is 7.88. The Kier molecular flexibility index (Phi) is 4.92. The summed E-state index contributed by atoms with van der Waals surface area (Å²) in [4.78, 5) is 12.8. The van der Waals surface area contributed by atoms with Gasteiger partial charge in [-0.1, -0.05) is 18.2 Å². The van der Waals surface area contributed by atoms with Crippen LogP contribution in [0.5, 0.6) is 5.75 Å². The van der Waals surface area contributed by atoms with E-state index in [0.29, 0.717) is 38.7 Å². The quantitative estimate of drug-likeness (QED) is 0.665. The number of nitrogens with zero attached hydrogens (tertiary/aromatic N) is 3. The molecule has 7 nitrogen and oxygen atoms in total. The van der Waals surface area contributed by atoms with Gasteiger partial charge in [0, 0.05) is 42.5 Å². The van der Waals surface area contributed by atoms with Crippen LogP contribution >= 0.6 is 0 Å². The highest BCUT2D eigenvalue weighted by Gasteiger charge is 2.23. The molecule has 0 aliphatic carbocycles. The number of rotatable bonds is 4. The molecule has 0 radical (unpaired) electrons. The number of aryl methyl sites for hydroxylation is 2. The van der Waals surface area contributed by atoms with E-state index in [1.54, 1.807) is 10.7 Å². The molecule has 0 amide bonds. The summed E-state index contributed by atoms with van der Waals surface area (Å²) in [5.41, 5.74) is 6.43. The number of ether oxygens (including phenoxy) is 3. The van der Waals surface area contributed by atoms with Crippen LogP contribution in [0.1, 0.15) is 11.1 Å². The Hall–Kier alpha value is -2.90. The van der Waals surface area contributed by atoms with Crippen LogP contribution in [0.4, 0.5) is 0 Å². The fourth-order valence-electron chi connectivity index (χ4n) is 4.28. The van der Waals surface area contributed by atoms with Gasteiger partial charge in [-0.3, -0.25) is 9.48 Å². The van der Waals surface area contributed by atoms with Gasteiger partial charge in [0.1, 0.15) is 18.5 Å². The van der Waals surface area contributed by atoms with E-state index in [1.165, 1.54) is 5.56 Å². The molecule has 0 unspecified atom stereocenters. The van der Waals surface area contributed by atoms with Gasteiger partial charge in [-0.15, -0.1) is 0 Å². The minimum Gasteiger partial charge on any atom is -0.490 e. The van der Waals surface area contributed by atoms with Gasteiger partial charge in [0.15, 0.2) is 0 Å². The Labute approximate surface area is 174 Å². The molecule has 5 rings (SSSR count). The highest BCUT2D eigenvalue weighted by molar-refractivity contribution is 5.75. The lowest BCUT2D eigenvalue weighted by Crippen LogP contribution is -2.34. The van der Waals surface area contributed by atoms with Crippen molar-refractivity contribution in [2.45, 2.75) is 26.0 Å². The topological polar surface area (TPSA) is 67.5 Å². The van der Waals surface area contributed by atoms with Crippen LogP contribution in [0.15, 0.2) is 41.5 Å². The molecule has 7 heteroatoms. The van der Waals surface area contributed by atoms with E-state index in [-0.39, 0.29) is 11.7 Å². The van der Waals surface area contributed by atoms with Gasteiger partial charge in [-0.2, -0.15) is 5.10 Å². The van der Waals surface area contributed by atoms with Crippen LogP contribution in [-0.4, -0.2) is 46.9 Å². The first-order valence-corrected chi connectivity index (χ1v) is 10.3. The van der Waals surface area contributed by atoms with E-state index in [9.17, 15) is 4.79 Å². The third-order valence-corrected chi connectivity index (χ3v) is 5.83. The third kappa shape index (κ3) is 3.44. The summed E-state index contributed by atoms with van der Waals surface area (Å²) in [6.45, 7) is 4.76. The van der Waals surface area contributed by atoms with E-state index < -0.39 is 0 Å². The van der Waals surface area contributed by atoms with Crippen molar-refractivity contribution < 1.29 is 14.2 Å². The zero-order chi connectivity index (χ0) is 20.7. The minimum absolute atomic E-state index is 0.0339. The van der Waals surface area contributed by atoms with E-state index >= 15 is 0 Å². The SMILES string of the molecule is Cc1c(OC[C@@H]2COCCO2)cc(=O)n2c1-c1ccc(-c3cnn(C)c3)cc1CC2. The number of hydrogen-bond acceptors (Lipinski definition) is 5. The van der Waals surface area contributed by atoms with E-state index in [2.05, 4.69) is 23.3 Å². The molecule has 156 valence electrons. The van der Waals surface area contributed by atoms with E-state index in [0.717, 1.165) is 34.4 Å².